The molecule has 0 bridgehead atoms. The minimum Gasteiger partial charge on any atom is -0.492 e. The van der Waals surface area contributed by atoms with Crippen LogP contribution in [0.3, 0.4) is 0 Å². The molecule has 1 N–H and O–H groups in total. The average Bonchev–Trinajstić information content (AvgIpc) is 2.78. The highest BCUT2D eigenvalue weighted by Crippen LogP contribution is 2.34. The first-order valence-corrected chi connectivity index (χ1v) is 10.8. The number of benzene rings is 3. The first kappa shape index (κ1) is 24.9. The van der Waals surface area contributed by atoms with E-state index in [-0.39, 0.29) is 0 Å². The van der Waals surface area contributed by atoms with Crippen LogP contribution in [-0.2, 0) is 4.79 Å². The van der Waals surface area contributed by atoms with Crippen LogP contribution in [-0.4, -0.2) is 43.2 Å². The van der Waals surface area contributed by atoms with Crippen molar-refractivity contribution < 1.29 is 14.6 Å². The zero-order valence-electron chi connectivity index (χ0n) is 19.4. The number of aliphatic carboxylic acids is 1. The van der Waals surface area contributed by atoms with Crippen LogP contribution in [0, 0.1) is 0 Å². The Bertz CT molecular complexity index is 974. The van der Waals surface area contributed by atoms with Crippen LogP contribution in [0.1, 0.15) is 37.0 Å². The Morgan fingerprint density at radius 1 is 0.812 bits per heavy atom. The highest BCUT2D eigenvalue weighted by Gasteiger charge is 2.13. The van der Waals surface area contributed by atoms with Gasteiger partial charge in [0.15, 0.2) is 0 Å². The molecule has 0 aliphatic carbocycles. The van der Waals surface area contributed by atoms with Crippen LogP contribution in [0.25, 0.3) is 11.1 Å². The molecule has 0 saturated heterocycles. The number of carboxylic acids is 1. The fourth-order valence-corrected chi connectivity index (χ4v) is 3.35. The summed E-state index contributed by atoms with van der Waals surface area (Å²) in [4.78, 5) is 11.1. The lowest BCUT2D eigenvalue weighted by atomic mass is 9.88. The van der Waals surface area contributed by atoms with Gasteiger partial charge in [-0.3, -0.25) is 4.79 Å². The molecular weight excluding hydrogens is 398 g/mol. The van der Waals surface area contributed by atoms with Crippen molar-refractivity contribution in [3.05, 3.63) is 102 Å². The molecular formula is C28H33NO3. The van der Waals surface area contributed by atoms with E-state index in [2.05, 4.69) is 111 Å². The molecule has 0 heterocycles. The van der Waals surface area contributed by atoms with Gasteiger partial charge in [0.25, 0.3) is 5.97 Å². The molecule has 0 fully saturated rings. The third-order valence-electron chi connectivity index (χ3n) is 4.79. The Kier molecular flexibility index (Phi) is 10.2. The average molecular weight is 432 g/mol. The van der Waals surface area contributed by atoms with E-state index in [4.69, 9.17) is 14.6 Å². The third kappa shape index (κ3) is 8.05. The molecule has 0 aliphatic rings. The second kappa shape index (κ2) is 13.1. The quantitative estimate of drug-likeness (QED) is 0.439. The molecule has 3 rings (SSSR count). The predicted octanol–water partition coefficient (Wildman–Crippen LogP) is 6.09. The Morgan fingerprint density at radius 3 is 1.75 bits per heavy atom. The van der Waals surface area contributed by atoms with Gasteiger partial charge in [-0.2, -0.15) is 0 Å². The largest absolute Gasteiger partial charge is 0.492 e. The Labute approximate surface area is 191 Å². The molecule has 0 aromatic heterocycles. The Morgan fingerprint density at radius 2 is 1.28 bits per heavy atom. The van der Waals surface area contributed by atoms with Crippen molar-refractivity contribution in [2.75, 3.05) is 27.2 Å². The van der Waals surface area contributed by atoms with Gasteiger partial charge in [0.05, 0.1) is 0 Å². The van der Waals surface area contributed by atoms with Gasteiger partial charge in [0, 0.05) is 13.5 Å². The van der Waals surface area contributed by atoms with Crippen molar-refractivity contribution in [1.82, 2.24) is 4.90 Å². The van der Waals surface area contributed by atoms with Gasteiger partial charge >= 0.3 is 0 Å². The second-order valence-corrected chi connectivity index (χ2v) is 7.63. The number of carboxylic acid groups (broad SMARTS) is 1. The molecule has 4 nitrogen and oxygen atoms in total. The van der Waals surface area contributed by atoms with E-state index < -0.39 is 5.97 Å². The van der Waals surface area contributed by atoms with E-state index in [9.17, 15) is 0 Å². The minimum absolute atomic E-state index is 0.692. The smallest absolute Gasteiger partial charge is 0.300 e. The number of rotatable bonds is 8. The zero-order chi connectivity index (χ0) is 23.3. The van der Waals surface area contributed by atoms with Gasteiger partial charge in [-0.1, -0.05) is 79.7 Å². The molecule has 0 atom stereocenters. The molecule has 0 unspecified atom stereocenters. The topological polar surface area (TPSA) is 49.8 Å². The molecule has 0 aliphatic heterocycles. The fourth-order valence-electron chi connectivity index (χ4n) is 3.35. The minimum atomic E-state index is -0.833. The fraction of sp³-hybridized carbons (Fsp3) is 0.250. The van der Waals surface area contributed by atoms with Crippen LogP contribution in [0.4, 0.5) is 0 Å². The maximum absolute atomic E-state index is 9.00. The number of carbonyl (C=O) groups is 1. The van der Waals surface area contributed by atoms with E-state index in [0.717, 1.165) is 25.6 Å². The molecule has 4 heteroatoms. The van der Waals surface area contributed by atoms with Gasteiger partial charge in [0.1, 0.15) is 12.4 Å². The second-order valence-electron chi connectivity index (χ2n) is 7.63. The van der Waals surface area contributed by atoms with Crippen molar-refractivity contribution in [1.29, 1.82) is 0 Å². The summed E-state index contributed by atoms with van der Waals surface area (Å²) >= 11 is 0. The highest BCUT2D eigenvalue weighted by molar-refractivity contribution is 5.98. The van der Waals surface area contributed by atoms with Crippen molar-refractivity contribution in [2.45, 2.75) is 20.3 Å². The molecule has 0 saturated carbocycles. The maximum atomic E-state index is 9.00. The van der Waals surface area contributed by atoms with E-state index in [1.165, 1.54) is 27.8 Å². The summed E-state index contributed by atoms with van der Waals surface area (Å²) in [5, 5.41) is 7.42. The number of hydrogen-bond donors (Lipinski definition) is 1. The van der Waals surface area contributed by atoms with Crippen molar-refractivity contribution in [3.8, 4) is 5.75 Å². The normalized spacial score (nSPS) is 11.3. The Balaban J connectivity index is 0.000000837. The van der Waals surface area contributed by atoms with Crippen molar-refractivity contribution in [3.63, 3.8) is 0 Å². The molecule has 0 spiro atoms. The standard InChI is InChI=1S/C26H29NO.C2H4O2/c1-4-25(21-11-7-5-8-12-21)26(22-13-9-6-10-14-22)23-15-17-24(18-16-23)28-20-19-27(2)3;1-2(3)4/h5-18H,4,19-20H2,1-3H3;1H3,(H,3,4). The van der Waals surface area contributed by atoms with Gasteiger partial charge in [-0.15, -0.1) is 0 Å². The zero-order valence-corrected chi connectivity index (χ0v) is 19.4. The summed E-state index contributed by atoms with van der Waals surface area (Å²) < 4.78 is 5.87. The summed E-state index contributed by atoms with van der Waals surface area (Å²) in [6, 6.07) is 29.8. The van der Waals surface area contributed by atoms with E-state index in [0.29, 0.717) is 6.61 Å². The summed E-state index contributed by atoms with van der Waals surface area (Å²) in [6.45, 7) is 4.91. The first-order chi connectivity index (χ1) is 15.4. The summed E-state index contributed by atoms with van der Waals surface area (Å²) in [5.41, 5.74) is 6.37. The summed E-state index contributed by atoms with van der Waals surface area (Å²) in [5.74, 6) is 0.0794. The predicted molar refractivity (Wildman–Crippen MR) is 133 cm³/mol. The summed E-state index contributed by atoms with van der Waals surface area (Å²) in [7, 11) is 4.11. The van der Waals surface area contributed by atoms with Crippen LogP contribution in [0.2, 0.25) is 0 Å². The number of likely N-dealkylation sites (N-methyl/N-ethyl adjacent to an activating group) is 1. The SMILES string of the molecule is CC(=O)O.CCC(=C(c1ccccc1)c1ccc(OCCN(C)C)cc1)c1ccccc1. The lowest BCUT2D eigenvalue weighted by molar-refractivity contribution is -0.134. The van der Waals surface area contributed by atoms with E-state index in [1.807, 2.05) is 0 Å². The molecule has 0 amide bonds. The monoisotopic (exact) mass is 431 g/mol. The highest BCUT2D eigenvalue weighted by atomic mass is 16.5. The van der Waals surface area contributed by atoms with Crippen LogP contribution in [0.5, 0.6) is 5.75 Å². The van der Waals surface area contributed by atoms with Gasteiger partial charge in [0.2, 0.25) is 0 Å². The molecule has 0 radical (unpaired) electrons. The lowest BCUT2D eigenvalue weighted by Gasteiger charge is -2.17. The molecule has 168 valence electrons. The van der Waals surface area contributed by atoms with Crippen molar-refractivity contribution >= 4 is 17.1 Å². The molecule has 32 heavy (non-hydrogen) atoms. The third-order valence-corrected chi connectivity index (χ3v) is 4.79. The van der Waals surface area contributed by atoms with Crippen molar-refractivity contribution in [2.24, 2.45) is 0 Å². The first-order valence-electron chi connectivity index (χ1n) is 10.8. The van der Waals surface area contributed by atoms with E-state index in [1.54, 1.807) is 0 Å². The number of hydrogen-bond acceptors (Lipinski definition) is 3. The number of nitrogens with zero attached hydrogens (tertiary/aromatic N) is 1. The molecule has 3 aromatic carbocycles. The van der Waals surface area contributed by atoms with Gasteiger partial charge < -0.3 is 14.7 Å². The van der Waals surface area contributed by atoms with Crippen LogP contribution < -0.4 is 4.74 Å². The number of ether oxygens (including phenoxy) is 1. The Hall–Kier alpha value is -3.37. The van der Waals surface area contributed by atoms with Gasteiger partial charge in [-0.05, 0) is 60.5 Å². The van der Waals surface area contributed by atoms with E-state index >= 15 is 0 Å². The summed E-state index contributed by atoms with van der Waals surface area (Å²) in [6.07, 6.45) is 0.968. The lowest BCUT2D eigenvalue weighted by Crippen LogP contribution is -2.19. The van der Waals surface area contributed by atoms with Crippen LogP contribution in [0.15, 0.2) is 84.9 Å². The molecule has 3 aromatic rings. The maximum Gasteiger partial charge on any atom is 0.300 e. The number of allylic oxidation sites excluding steroid dienone is 1. The van der Waals surface area contributed by atoms with Crippen LogP contribution >= 0.6 is 0 Å². The van der Waals surface area contributed by atoms with Gasteiger partial charge in [-0.25, -0.2) is 0 Å².